The van der Waals surface area contributed by atoms with Gasteiger partial charge in [0.25, 0.3) is 5.91 Å². The van der Waals surface area contributed by atoms with Gasteiger partial charge in [-0.3, -0.25) is 9.00 Å². The molecule has 0 radical (unpaired) electrons. The molecule has 0 aliphatic heterocycles. The Morgan fingerprint density at radius 1 is 0.969 bits per heavy atom. The molecule has 1 aromatic heterocycles. The minimum atomic E-state index is -1.25. The molecule has 3 rings (SSSR count). The Balaban J connectivity index is 1.59. The Bertz CT molecular complexity index is 1110. The van der Waals surface area contributed by atoms with Crippen molar-refractivity contribution in [1.29, 1.82) is 0 Å². The van der Waals surface area contributed by atoms with E-state index in [2.05, 4.69) is 5.32 Å². The van der Waals surface area contributed by atoms with Crippen molar-refractivity contribution in [2.24, 2.45) is 0 Å². The second-order valence-electron chi connectivity index (χ2n) is 7.02. The number of furan rings is 1. The molecule has 0 saturated carbocycles. The lowest BCUT2D eigenvalue weighted by Crippen LogP contribution is -2.25. The molecule has 0 fully saturated rings. The smallest absolute Gasteiger partial charge is 0.287 e. The molecule has 170 valence electrons. The summed E-state index contributed by atoms with van der Waals surface area (Å²) in [6.45, 7) is 2.29. The molecule has 1 N–H and O–H groups in total. The van der Waals surface area contributed by atoms with Gasteiger partial charge in [-0.15, -0.1) is 0 Å². The first-order chi connectivity index (χ1) is 15.5. The molecule has 1 atom stereocenters. The fraction of sp³-hybridized carbons (Fsp3) is 0.292. The molecule has 0 saturated heterocycles. The van der Waals surface area contributed by atoms with Gasteiger partial charge >= 0.3 is 0 Å². The molecule has 0 aliphatic rings. The van der Waals surface area contributed by atoms with Gasteiger partial charge in [-0.05, 0) is 43.2 Å². The predicted octanol–water partition coefficient (Wildman–Crippen LogP) is 3.89. The summed E-state index contributed by atoms with van der Waals surface area (Å²) >= 11 is 0. The molecule has 1 unspecified atom stereocenters. The molecule has 1 amide bonds. The largest absolute Gasteiger partial charge is 0.493 e. The van der Waals surface area contributed by atoms with E-state index in [9.17, 15) is 9.00 Å². The molecular weight excluding hydrogens is 430 g/mol. The van der Waals surface area contributed by atoms with E-state index in [1.165, 1.54) is 0 Å². The highest BCUT2D eigenvalue weighted by Gasteiger charge is 2.17. The number of amides is 1. The van der Waals surface area contributed by atoms with Crippen LogP contribution < -0.4 is 19.5 Å². The van der Waals surface area contributed by atoms with Crippen LogP contribution in [0.25, 0.3) is 0 Å². The van der Waals surface area contributed by atoms with E-state index in [0.29, 0.717) is 36.0 Å². The fourth-order valence-electron chi connectivity index (χ4n) is 3.35. The zero-order valence-electron chi connectivity index (χ0n) is 18.6. The van der Waals surface area contributed by atoms with E-state index < -0.39 is 10.8 Å². The van der Waals surface area contributed by atoms with Gasteiger partial charge in [0, 0.05) is 17.0 Å². The lowest BCUT2D eigenvalue weighted by atomic mass is 10.1. The number of carbonyl (C=O) groups excluding carboxylic acids is 1. The minimum absolute atomic E-state index is 0.182. The maximum absolute atomic E-state index is 12.6. The van der Waals surface area contributed by atoms with Crippen molar-refractivity contribution < 1.29 is 27.6 Å². The highest BCUT2D eigenvalue weighted by Crippen LogP contribution is 2.39. The number of methoxy groups -OCH3 is 3. The Morgan fingerprint density at radius 3 is 2.41 bits per heavy atom. The number of nitrogens with one attached hydrogen (secondary N) is 1. The lowest BCUT2D eigenvalue weighted by Gasteiger charge is -2.15. The van der Waals surface area contributed by atoms with Crippen LogP contribution in [0.15, 0.2) is 57.8 Å². The highest BCUT2D eigenvalue weighted by atomic mass is 32.2. The average molecular weight is 458 g/mol. The predicted molar refractivity (Wildman–Crippen MR) is 122 cm³/mol. The third-order valence-corrected chi connectivity index (χ3v) is 6.46. The summed E-state index contributed by atoms with van der Waals surface area (Å²) in [6, 6.07) is 14.5. The Hall–Kier alpha value is -3.26. The van der Waals surface area contributed by atoms with Crippen molar-refractivity contribution in [3.8, 4) is 17.2 Å². The zero-order valence-corrected chi connectivity index (χ0v) is 19.4. The van der Waals surface area contributed by atoms with Crippen LogP contribution in [-0.2, 0) is 23.0 Å². The molecule has 0 aliphatic carbocycles. The number of ether oxygens (including phenoxy) is 3. The van der Waals surface area contributed by atoms with E-state index in [-0.39, 0.29) is 17.4 Å². The summed E-state index contributed by atoms with van der Waals surface area (Å²) in [7, 11) is 3.42. The van der Waals surface area contributed by atoms with Crippen molar-refractivity contribution in [2.45, 2.75) is 24.0 Å². The molecule has 2 aromatic carbocycles. The van der Waals surface area contributed by atoms with Gasteiger partial charge in [0.1, 0.15) is 5.76 Å². The normalized spacial score (nSPS) is 11.6. The molecule has 0 spiro atoms. The SMILES string of the molecule is COc1ccc(CCNC(=O)c2ccc(CS(=O)c3ccccc3C)o2)c(OC)c1OC. The monoisotopic (exact) mass is 457 g/mol. The molecule has 1 heterocycles. The quantitative estimate of drug-likeness (QED) is 0.497. The summed E-state index contributed by atoms with van der Waals surface area (Å²) in [4.78, 5) is 13.2. The molecule has 3 aromatic rings. The van der Waals surface area contributed by atoms with Gasteiger partial charge in [-0.1, -0.05) is 24.3 Å². The molecular formula is C24H27NO6S. The summed E-state index contributed by atoms with van der Waals surface area (Å²) in [5.41, 5.74) is 1.83. The van der Waals surface area contributed by atoms with Crippen LogP contribution in [0.5, 0.6) is 17.2 Å². The van der Waals surface area contributed by atoms with E-state index >= 15 is 0 Å². The van der Waals surface area contributed by atoms with Gasteiger partial charge in [-0.25, -0.2) is 0 Å². The topological polar surface area (TPSA) is 87.0 Å². The Kier molecular flexibility index (Phi) is 7.94. The molecule has 0 bridgehead atoms. The first-order valence-electron chi connectivity index (χ1n) is 10.1. The minimum Gasteiger partial charge on any atom is -0.493 e. The summed E-state index contributed by atoms with van der Waals surface area (Å²) in [5.74, 6) is 2.21. The van der Waals surface area contributed by atoms with Crippen molar-refractivity contribution in [1.82, 2.24) is 5.32 Å². The Morgan fingerprint density at radius 2 is 1.72 bits per heavy atom. The van der Waals surface area contributed by atoms with E-state index in [1.54, 1.807) is 39.5 Å². The number of carbonyl (C=O) groups is 1. The van der Waals surface area contributed by atoms with Gasteiger partial charge in [-0.2, -0.15) is 0 Å². The number of hydrogen-bond donors (Lipinski definition) is 1. The third kappa shape index (κ3) is 5.31. The lowest BCUT2D eigenvalue weighted by molar-refractivity contribution is 0.0925. The summed E-state index contributed by atoms with van der Waals surface area (Å²) in [5, 5.41) is 2.84. The zero-order chi connectivity index (χ0) is 23.1. The first-order valence-corrected chi connectivity index (χ1v) is 11.4. The van der Waals surface area contributed by atoms with Gasteiger partial charge in [0.05, 0.1) is 37.9 Å². The maximum atomic E-state index is 12.6. The highest BCUT2D eigenvalue weighted by molar-refractivity contribution is 7.84. The van der Waals surface area contributed by atoms with Crippen molar-refractivity contribution in [2.75, 3.05) is 27.9 Å². The standard InChI is InChI=1S/C24H27NO6S/c1-16-7-5-6-8-21(16)32(27)15-18-10-12-20(31-18)24(26)25-14-13-17-9-11-19(28-2)23(30-4)22(17)29-3/h5-12H,13-15H2,1-4H3,(H,25,26). The number of aryl methyl sites for hydroxylation is 1. The molecule has 8 heteroatoms. The molecule has 7 nitrogen and oxygen atoms in total. The summed E-state index contributed by atoms with van der Waals surface area (Å²) in [6.07, 6.45) is 0.528. The van der Waals surface area contributed by atoms with Crippen LogP contribution in [-0.4, -0.2) is 38.0 Å². The fourth-order valence-corrected chi connectivity index (χ4v) is 4.58. The van der Waals surface area contributed by atoms with E-state index in [0.717, 1.165) is 16.0 Å². The van der Waals surface area contributed by atoms with Crippen molar-refractivity contribution >= 4 is 16.7 Å². The van der Waals surface area contributed by atoms with Gasteiger partial charge < -0.3 is 23.9 Å². The van der Waals surface area contributed by atoms with Crippen molar-refractivity contribution in [3.05, 3.63) is 71.2 Å². The summed E-state index contributed by atoms with van der Waals surface area (Å²) < 4.78 is 34.4. The van der Waals surface area contributed by atoms with Crippen LogP contribution in [0.4, 0.5) is 0 Å². The first kappa shape index (κ1) is 23.4. The van der Waals surface area contributed by atoms with Crippen LogP contribution in [0, 0.1) is 6.92 Å². The second-order valence-corrected chi connectivity index (χ2v) is 8.44. The Labute approximate surface area is 190 Å². The maximum Gasteiger partial charge on any atom is 0.287 e. The van der Waals surface area contributed by atoms with Crippen molar-refractivity contribution in [3.63, 3.8) is 0 Å². The van der Waals surface area contributed by atoms with E-state index in [1.807, 2.05) is 37.3 Å². The number of rotatable bonds is 10. The average Bonchev–Trinajstić information content (AvgIpc) is 3.27. The van der Waals surface area contributed by atoms with Crippen LogP contribution in [0.2, 0.25) is 0 Å². The number of hydrogen-bond acceptors (Lipinski definition) is 6. The molecule has 32 heavy (non-hydrogen) atoms. The van der Waals surface area contributed by atoms with Gasteiger partial charge in [0.15, 0.2) is 17.3 Å². The van der Waals surface area contributed by atoms with Gasteiger partial charge in [0.2, 0.25) is 5.75 Å². The van der Waals surface area contributed by atoms with E-state index in [4.69, 9.17) is 18.6 Å². The van der Waals surface area contributed by atoms with Crippen LogP contribution >= 0.6 is 0 Å². The van der Waals surface area contributed by atoms with Crippen LogP contribution in [0.1, 0.15) is 27.4 Å². The van der Waals surface area contributed by atoms with Crippen LogP contribution in [0.3, 0.4) is 0 Å². The number of benzene rings is 2. The third-order valence-electron chi connectivity index (χ3n) is 4.96. The second kappa shape index (κ2) is 10.9.